The molecule has 4 nitrogen and oxygen atoms in total. The summed E-state index contributed by atoms with van der Waals surface area (Å²) in [4.78, 5) is 12.4. The minimum atomic E-state index is -0.869. The molecule has 0 aliphatic heterocycles. The van der Waals surface area contributed by atoms with E-state index in [0.717, 1.165) is 0 Å². The molecular weight excluding hydrogens is 194 g/mol. The summed E-state index contributed by atoms with van der Waals surface area (Å²) in [5.41, 5.74) is 0. The highest BCUT2D eigenvalue weighted by Crippen LogP contribution is 2.10. The summed E-state index contributed by atoms with van der Waals surface area (Å²) in [6.07, 6.45) is 5.21. The van der Waals surface area contributed by atoms with E-state index in [2.05, 4.69) is 5.92 Å². The third kappa shape index (κ3) is 5.40. The maximum atomic E-state index is 10.7. The first-order chi connectivity index (χ1) is 7.02. The van der Waals surface area contributed by atoms with Crippen molar-refractivity contribution in [1.82, 2.24) is 4.90 Å². The van der Waals surface area contributed by atoms with Crippen molar-refractivity contribution >= 4 is 5.97 Å². The predicted molar refractivity (Wildman–Crippen MR) is 58.5 cm³/mol. The Morgan fingerprint density at radius 2 is 2.20 bits per heavy atom. The van der Waals surface area contributed by atoms with Crippen LogP contribution in [0, 0.1) is 18.3 Å². The molecule has 1 unspecified atom stereocenters. The molecule has 0 aromatic heterocycles. The minimum absolute atomic E-state index is 0.0437. The summed E-state index contributed by atoms with van der Waals surface area (Å²) in [7, 11) is 1.60. The number of methoxy groups -OCH3 is 1. The van der Waals surface area contributed by atoms with Crippen molar-refractivity contribution in [3.63, 3.8) is 0 Å². The van der Waals surface area contributed by atoms with Crippen molar-refractivity contribution in [2.45, 2.75) is 19.9 Å². The Hall–Kier alpha value is -1.05. The van der Waals surface area contributed by atoms with Crippen LogP contribution in [0.15, 0.2) is 0 Å². The molecule has 0 radical (unpaired) electrons. The topological polar surface area (TPSA) is 49.8 Å². The van der Waals surface area contributed by atoms with Gasteiger partial charge >= 0.3 is 5.97 Å². The molecule has 0 rings (SSSR count). The standard InChI is InChI=1S/C11H19NO3/c1-5-6-12(7-11(13)14)10(8-15-4)9(2)3/h1,9-10H,6-8H2,2-4H3,(H,13,14). The van der Waals surface area contributed by atoms with Crippen LogP contribution in [-0.4, -0.2) is 48.8 Å². The van der Waals surface area contributed by atoms with Gasteiger partial charge in [0.15, 0.2) is 0 Å². The highest BCUT2D eigenvalue weighted by molar-refractivity contribution is 5.69. The average molecular weight is 213 g/mol. The van der Waals surface area contributed by atoms with Crippen LogP contribution in [0.25, 0.3) is 0 Å². The number of carbonyl (C=O) groups is 1. The Morgan fingerprint density at radius 3 is 2.53 bits per heavy atom. The third-order valence-electron chi connectivity index (χ3n) is 2.21. The van der Waals surface area contributed by atoms with Gasteiger partial charge in [-0.05, 0) is 5.92 Å². The zero-order chi connectivity index (χ0) is 11.8. The van der Waals surface area contributed by atoms with Gasteiger partial charge in [0.05, 0.1) is 19.7 Å². The Bertz CT molecular complexity index is 232. The van der Waals surface area contributed by atoms with Gasteiger partial charge in [-0.25, -0.2) is 0 Å². The van der Waals surface area contributed by atoms with Gasteiger partial charge in [0, 0.05) is 13.2 Å². The van der Waals surface area contributed by atoms with Gasteiger partial charge in [0.1, 0.15) is 0 Å². The van der Waals surface area contributed by atoms with Gasteiger partial charge < -0.3 is 9.84 Å². The summed E-state index contributed by atoms with van der Waals surface area (Å²) in [5, 5.41) is 8.76. The molecule has 0 saturated heterocycles. The van der Waals surface area contributed by atoms with Gasteiger partial charge in [0.2, 0.25) is 0 Å². The second kappa shape index (κ2) is 7.27. The molecule has 4 heteroatoms. The maximum Gasteiger partial charge on any atom is 0.317 e. The van der Waals surface area contributed by atoms with E-state index in [-0.39, 0.29) is 12.6 Å². The fourth-order valence-corrected chi connectivity index (χ4v) is 1.47. The van der Waals surface area contributed by atoms with Crippen LogP contribution in [0.1, 0.15) is 13.8 Å². The highest BCUT2D eigenvalue weighted by atomic mass is 16.5. The molecule has 1 N–H and O–H groups in total. The summed E-state index contributed by atoms with van der Waals surface area (Å²) in [5.74, 6) is 1.91. The predicted octanol–water partition coefficient (Wildman–Crippen LogP) is 0.677. The second-order valence-electron chi connectivity index (χ2n) is 3.77. The van der Waals surface area contributed by atoms with Crippen LogP contribution in [0.3, 0.4) is 0 Å². The zero-order valence-electron chi connectivity index (χ0n) is 9.56. The van der Waals surface area contributed by atoms with Crippen LogP contribution in [0.5, 0.6) is 0 Å². The lowest BCUT2D eigenvalue weighted by Gasteiger charge is -2.31. The number of carboxylic acid groups (broad SMARTS) is 1. The first-order valence-electron chi connectivity index (χ1n) is 4.91. The van der Waals surface area contributed by atoms with E-state index >= 15 is 0 Å². The maximum absolute atomic E-state index is 10.7. The Morgan fingerprint density at radius 1 is 1.60 bits per heavy atom. The Kier molecular flexibility index (Phi) is 6.76. The highest BCUT2D eigenvalue weighted by Gasteiger charge is 2.22. The first kappa shape index (κ1) is 13.9. The van der Waals surface area contributed by atoms with Gasteiger partial charge in [-0.2, -0.15) is 0 Å². The molecule has 0 aliphatic carbocycles. The van der Waals surface area contributed by atoms with Crippen molar-refractivity contribution in [2.24, 2.45) is 5.92 Å². The normalized spacial score (nSPS) is 12.8. The number of carboxylic acids is 1. The molecule has 86 valence electrons. The van der Waals surface area contributed by atoms with E-state index in [1.54, 1.807) is 12.0 Å². The van der Waals surface area contributed by atoms with Gasteiger partial charge in [0.25, 0.3) is 0 Å². The molecule has 0 spiro atoms. The van der Waals surface area contributed by atoms with Crippen LogP contribution >= 0.6 is 0 Å². The van der Waals surface area contributed by atoms with E-state index in [9.17, 15) is 4.79 Å². The summed E-state index contributed by atoms with van der Waals surface area (Å²) in [6, 6.07) is 0.0437. The molecule has 0 fully saturated rings. The molecule has 0 bridgehead atoms. The van der Waals surface area contributed by atoms with E-state index < -0.39 is 5.97 Å². The molecule has 0 saturated carbocycles. The molecule has 0 aliphatic rings. The van der Waals surface area contributed by atoms with Crippen molar-refractivity contribution in [1.29, 1.82) is 0 Å². The molecule has 0 amide bonds. The average Bonchev–Trinajstić information content (AvgIpc) is 2.12. The van der Waals surface area contributed by atoms with Crippen LogP contribution in [0.4, 0.5) is 0 Å². The molecule has 0 aromatic rings. The van der Waals surface area contributed by atoms with Crippen molar-refractivity contribution < 1.29 is 14.6 Å². The van der Waals surface area contributed by atoms with Crippen molar-refractivity contribution in [3.8, 4) is 12.3 Å². The molecule has 15 heavy (non-hydrogen) atoms. The lowest BCUT2D eigenvalue weighted by Crippen LogP contribution is -2.45. The number of nitrogens with zero attached hydrogens (tertiary/aromatic N) is 1. The number of hydrogen-bond acceptors (Lipinski definition) is 3. The number of hydrogen-bond donors (Lipinski definition) is 1. The number of terminal acetylenes is 1. The van der Waals surface area contributed by atoms with Gasteiger partial charge in [-0.1, -0.05) is 19.8 Å². The quantitative estimate of drug-likeness (QED) is 0.632. The van der Waals surface area contributed by atoms with Gasteiger partial charge in [-0.3, -0.25) is 9.69 Å². The smallest absolute Gasteiger partial charge is 0.317 e. The van der Waals surface area contributed by atoms with E-state index in [4.69, 9.17) is 16.3 Å². The fourth-order valence-electron chi connectivity index (χ4n) is 1.47. The second-order valence-corrected chi connectivity index (χ2v) is 3.77. The van der Waals surface area contributed by atoms with Crippen LogP contribution in [-0.2, 0) is 9.53 Å². The number of ether oxygens (including phenoxy) is 1. The van der Waals surface area contributed by atoms with Gasteiger partial charge in [-0.15, -0.1) is 6.42 Å². The first-order valence-corrected chi connectivity index (χ1v) is 4.91. The lowest BCUT2D eigenvalue weighted by atomic mass is 10.0. The third-order valence-corrected chi connectivity index (χ3v) is 2.21. The lowest BCUT2D eigenvalue weighted by molar-refractivity contribution is -0.139. The number of aliphatic carboxylic acids is 1. The van der Waals surface area contributed by atoms with Crippen molar-refractivity contribution in [2.75, 3.05) is 26.8 Å². The van der Waals surface area contributed by atoms with Crippen LogP contribution in [0.2, 0.25) is 0 Å². The largest absolute Gasteiger partial charge is 0.480 e. The molecular formula is C11H19NO3. The van der Waals surface area contributed by atoms with Crippen molar-refractivity contribution in [3.05, 3.63) is 0 Å². The zero-order valence-corrected chi connectivity index (χ0v) is 9.56. The summed E-state index contributed by atoms with van der Waals surface area (Å²) in [6.45, 7) is 4.83. The van der Waals surface area contributed by atoms with E-state index in [0.29, 0.717) is 19.1 Å². The minimum Gasteiger partial charge on any atom is -0.480 e. The number of rotatable bonds is 7. The molecule has 1 atom stereocenters. The monoisotopic (exact) mass is 213 g/mol. The Labute approximate surface area is 91.2 Å². The Balaban J connectivity index is 4.52. The van der Waals surface area contributed by atoms with Crippen LogP contribution < -0.4 is 0 Å². The fraction of sp³-hybridized carbons (Fsp3) is 0.727. The molecule has 0 aromatic carbocycles. The SMILES string of the molecule is C#CCN(CC(=O)O)C(COC)C(C)C. The van der Waals surface area contributed by atoms with E-state index in [1.165, 1.54) is 0 Å². The summed E-state index contributed by atoms with van der Waals surface area (Å²) < 4.78 is 5.07. The molecule has 0 heterocycles. The summed E-state index contributed by atoms with van der Waals surface area (Å²) >= 11 is 0. The van der Waals surface area contributed by atoms with E-state index in [1.807, 2.05) is 13.8 Å².